The van der Waals surface area contributed by atoms with Gasteiger partial charge in [0, 0.05) is 31.1 Å². The predicted octanol–water partition coefficient (Wildman–Crippen LogP) is 6.99. The molecule has 41 heavy (non-hydrogen) atoms. The molecule has 0 bridgehead atoms. The third-order valence-corrected chi connectivity index (χ3v) is 8.10. The third kappa shape index (κ3) is 5.17. The van der Waals surface area contributed by atoms with Crippen molar-refractivity contribution in [2.24, 2.45) is 7.05 Å². The van der Waals surface area contributed by atoms with Crippen LogP contribution < -0.4 is 9.47 Å². The number of rotatable bonds is 10. The monoisotopic (exact) mass is 574 g/mol. The number of aromatic nitrogens is 6. The van der Waals surface area contributed by atoms with Crippen molar-refractivity contribution in [1.29, 1.82) is 0 Å². The van der Waals surface area contributed by atoms with Crippen LogP contribution in [0.25, 0.3) is 33.0 Å². The second kappa shape index (κ2) is 10.6. The standard InChI is InChI=1S/C30H28F2N6O2S/c1-5-12-30(31,32)21-13-38(3)27(35-21)20-8-6-18(7-9-20)14-40-29-25-23(17(2)15-41-25)36-26(37-29)22-24(19-10-11-19)33-16-34-28(22)39-4/h5-9,13,15-16,19H,1,10-12,14H2,2-4H3. The summed E-state index contributed by atoms with van der Waals surface area (Å²) >= 11 is 1.53. The first-order valence-electron chi connectivity index (χ1n) is 13.2. The molecule has 0 spiro atoms. The van der Waals surface area contributed by atoms with Crippen molar-refractivity contribution >= 4 is 21.6 Å². The highest BCUT2D eigenvalue weighted by molar-refractivity contribution is 7.17. The van der Waals surface area contributed by atoms with Crippen molar-refractivity contribution in [3.8, 4) is 34.5 Å². The summed E-state index contributed by atoms with van der Waals surface area (Å²) in [7, 11) is 3.28. The zero-order valence-electron chi connectivity index (χ0n) is 22.9. The van der Waals surface area contributed by atoms with Gasteiger partial charge in [-0.2, -0.15) is 13.8 Å². The van der Waals surface area contributed by atoms with Gasteiger partial charge in [-0.25, -0.2) is 19.9 Å². The molecule has 0 amide bonds. The van der Waals surface area contributed by atoms with Crippen LogP contribution in [0.15, 0.2) is 54.8 Å². The second-order valence-electron chi connectivity index (χ2n) is 10.1. The van der Waals surface area contributed by atoms with Gasteiger partial charge in [0.25, 0.3) is 5.92 Å². The molecule has 210 valence electrons. The lowest BCUT2D eigenvalue weighted by Crippen LogP contribution is -2.12. The predicted molar refractivity (Wildman–Crippen MR) is 153 cm³/mol. The van der Waals surface area contributed by atoms with E-state index in [0.717, 1.165) is 45.4 Å². The fraction of sp³-hybridized carbons (Fsp3) is 0.300. The largest absolute Gasteiger partial charge is 0.480 e. The summed E-state index contributed by atoms with van der Waals surface area (Å²) in [6, 6.07) is 7.48. The molecule has 0 aliphatic heterocycles. The number of halogens is 2. The fourth-order valence-corrected chi connectivity index (χ4v) is 5.66. The maximum atomic E-state index is 14.4. The van der Waals surface area contributed by atoms with E-state index in [-0.39, 0.29) is 12.3 Å². The van der Waals surface area contributed by atoms with Crippen LogP contribution in [0.3, 0.4) is 0 Å². The molecule has 0 atom stereocenters. The molecule has 1 aromatic carbocycles. The molecule has 0 unspecified atom stereocenters. The summed E-state index contributed by atoms with van der Waals surface area (Å²) in [6.45, 7) is 5.68. The van der Waals surface area contributed by atoms with Crippen LogP contribution in [0.1, 0.15) is 47.7 Å². The minimum Gasteiger partial charge on any atom is -0.480 e. The van der Waals surface area contributed by atoms with Gasteiger partial charge in [0.1, 0.15) is 34.7 Å². The van der Waals surface area contributed by atoms with Crippen LogP contribution in [0.5, 0.6) is 11.8 Å². The number of imidazole rings is 1. The molecule has 0 N–H and O–H groups in total. The Bertz CT molecular complexity index is 1740. The zero-order valence-corrected chi connectivity index (χ0v) is 23.7. The van der Waals surface area contributed by atoms with E-state index in [4.69, 9.17) is 19.4 Å². The molecule has 0 saturated heterocycles. The highest BCUT2D eigenvalue weighted by Crippen LogP contribution is 2.46. The first kappa shape index (κ1) is 26.9. The maximum absolute atomic E-state index is 14.4. The van der Waals surface area contributed by atoms with Crippen molar-refractivity contribution in [1.82, 2.24) is 29.5 Å². The number of fused-ring (bicyclic) bond motifs is 1. The maximum Gasteiger partial charge on any atom is 0.294 e. The lowest BCUT2D eigenvalue weighted by Gasteiger charge is -2.13. The van der Waals surface area contributed by atoms with Crippen molar-refractivity contribution < 1.29 is 18.3 Å². The van der Waals surface area contributed by atoms with Crippen LogP contribution in [-0.2, 0) is 19.6 Å². The van der Waals surface area contributed by atoms with Crippen LogP contribution >= 0.6 is 11.3 Å². The summed E-state index contributed by atoms with van der Waals surface area (Å²) in [5.74, 6) is -0.882. The molecule has 11 heteroatoms. The Balaban J connectivity index is 1.28. The lowest BCUT2D eigenvalue weighted by molar-refractivity contribution is -0.00504. The highest BCUT2D eigenvalue weighted by Gasteiger charge is 2.34. The Kier molecular flexibility index (Phi) is 6.98. The quantitative estimate of drug-likeness (QED) is 0.166. The van der Waals surface area contributed by atoms with E-state index in [9.17, 15) is 8.78 Å². The van der Waals surface area contributed by atoms with Crippen LogP contribution in [0, 0.1) is 6.92 Å². The lowest BCUT2D eigenvalue weighted by atomic mass is 10.1. The van der Waals surface area contributed by atoms with Crippen molar-refractivity contribution in [2.45, 2.75) is 44.6 Å². The molecule has 0 radical (unpaired) electrons. The van der Waals surface area contributed by atoms with Gasteiger partial charge in [-0.3, -0.25) is 0 Å². The molecule has 6 rings (SSSR count). The van der Waals surface area contributed by atoms with E-state index in [2.05, 4.69) is 21.5 Å². The highest BCUT2D eigenvalue weighted by atomic mass is 32.1. The number of alkyl halides is 2. The summed E-state index contributed by atoms with van der Waals surface area (Å²) in [4.78, 5) is 22.8. The summed E-state index contributed by atoms with van der Waals surface area (Å²) in [5.41, 5.74) is 4.78. The van der Waals surface area contributed by atoms with Gasteiger partial charge in [0.15, 0.2) is 5.82 Å². The van der Waals surface area contributed by atoms with Gasteiger partial charge in [-0.05, 0) is 36.3 Å². The molecule has 4 heterocycles. The number of hydrogen-bond acceptors (Lipinski definition) is 8. The van der Waals surface area contributed by atoms with Crippen LogP contribution in [0.4, 0.5) is 8.78 Å². The Morgan fingerprint density at radius 3 is 2.61 bits per heavy atom. The summed E-state index contributed by atoms with van der Waals surface area (Å²) < 4.78 is 43.0. The molecule has 1 saturated carbocycles. The topological polar surface area (TPSA) is 87.8 Å². The number of ether oxygens (including phenoxy) is 2. The first-order chi connectivity index (χ1) is 19.8. The Morgan fingerprint density at radius 1 is 1.12 bits per heavy atom. The van der Waals surface area contributed by atoms with Gasteiger partial charge in [0.05, 0.1) is 18.3 Å². The smallest absolute Gasteiger partial charge is 0.294 e. The average molecular weight is 575 g/mol. The zero-order chi connectivity index (χ0) is 28.7. The summed E-state index contributed by atoms with van der Waals surface area (Å²) in [5, 5.41) is 2.03. The van der Waals surface area contributed by atoms with E-state index in [0.29, 0.717) is 34.9 Å². The Labute approximate surface area is 239 Å². The van der Waals surface area contributed by atoms with Gasteiger partial charge in [0.2, 0.25) is 11.8 Å². The average Bonchev–Trinajstić information content (AvgIpc) is 3.64. The fourth-order valence-electron chi connectivity index (χ4n) is 4.73. The van der Waals surface area contributed by atoms with Gasteiger partial charge in [-0.15, -0.1) is 17.9 Å². The van der Waals surface area contributed by atoms with Crippen molar-refractivity contribution in [2.75, 3.05) is 7.11 Å². The minimum absolute atomic E-state index is 0.254. The Hall–Kier alpha value is -4.25. The van der Waals surface area contributed by atoms with Gasteiger partial charge < -0.3 is 14.0 Å². The number of thiophene rings is 1. The second-order valence-corrected chi connectivity index (χ2v) is 11.0. The van der Waals surface area contributed by atoms with E-state index in [1.54, 1.807) is 18.7 Å². The SMILES string of the molecule is C=CCC(F)(F)c1cn(C)c(-c2ccc(COc3nc(-c4c(OC)ncnc4C4CC4)nc4c(C)csc34)cc2)n1. The number of aryl methyl sites for hydroxylation is 2. The van der Waals surface area contributed by atoms with Crippen molar-refractivity contribution in [3.63, 3.8) is 0 Å². The van der Waals surface area contributed by atoms with Gasteiger partial charge >= 0.3 is 0 Å². The molecular formula is C30H28F2N6O2S. The molecular weight excluding hydrogens is 546 g/mol. The van der Waals surface area contributed by atoms with E-state index >= 15 is 0 Å². The number of hydrogen-bond donors (Lipinski definition) is 0. The molecule has 1 aliphatic carbocycles. The summed E-state index contributed by atoms with van der Waals surface area (Å²) in [6.07, 6.45) is 5.73. The molecule has 1 fully saturated rings. The first-order valence-corrected chi connectivity index (χ1v) is 14.1. The minimum atomic E-state index is -3.07. The molecule has 5 aromatic rings. The van der Waals surface area contributed by atoms with Crippen LogP contribution in [0.2, 0.25) is 0 Å². The third-order valence-electron chi connectivity index (χ3n) is 7.02. The van der Waals surface area contributed by atoms with Crippen LogP contribution in [-0.4, -0.2) is 36.6 Å². The number of allylic oxidation sites excluding steroid dienone is 1. The Morgan fingerprint density at radius 2 is 1.90 bits per heavy atom. The molecule has 1 aliphatic rings. The van der Waals surface area contributed by atoms with Gasteiger partial charge in [-0.1, -0.05) is 30.3 Å². The molecule has 4 aromatic heterocycles. The van der Waals surface area contributed by atoms with E-state index in [1.807, 2.05) is 36.6 Å². The normalized spacial score (nSPS) is 13.5. The number of benzene rings is 1. The molecule has 8 nitrogen and oxygen atoms in total. The van der Waals surface area contributed by atoms with E-state index in [1.165, 1.54) is 29.9 Å². The van der Waals surface area contributed by atoms with E-state index < -0.39 is 12.3 Å². The number of nitrogens with zero attached hydrogens (tertiary/aromatic N) is 6. The van der Waals surface area contributed by atoms with Crippen molar-refractivity contribution in [3.05, 3.63) is 77.3 Å². The number of methoxy groups -OCH3 is 1.